The van der Waals surface area contributed by atoms with Crippen molar-refractivity contribution in [1.82, 2.24) is 4.90 Å². The molecule has 0 radical (unpaired) electrons. The Balaban J connectivity index is 0.000000252. The van der Waals surface area contributed by atoms with Crippen LogP contribution in [0, 0.1) is 11.8 Å². The molecular formula is C26H31Cl4NO6. The van der Waals surface area contributed by atoms with Gasteiger partial charge in [-0.3, -0.25) is 4.90 Å². The lowest BCUT2D eigenvalue weighted by Crippen LogP contribution is -2.29. The van der Waals surface area contributed by atoms with Crippen molar-refractivity contribution in [3.63, 3.8) is 0 Å². The van der Waals surface area contributed by atoms with E-state index in [4.69, 9.17) is 63.2 Å². The Kier molecular flexibility index (Phi) is 10.6. The molecule has 0 spiro atoms. The molecule has 2 fully saturated rings. The molecule has 6 rings (SSSR count). The quantitative estimate of drug-likeness (QED) is 0.366. The van der Waals surface area contributed by atoms with Gasteiger partial charge >= 0.3 is 0 Å². The van der Waals surface area contributed by atoms with Crippen LogP contribution in [0.2, 0.25) is 0 Å². The highest BCUT2D eigenvalue weighted by Crippen LogP contribution is 2.52. The van der Waals surface area contributed by atoms with E-state index in [1.807, 2.05) is 24.3 Å². The van der Waals surface area contributed by atoms with E-state index in [-0.39, 0.29) is 38.2 Å². The van der Waals surface area contributed by atoms with Crippen LogP contribution in [-0.2, 0) is 9.47 Å². The van der Waals surface area contributed by atoms with Gasteiger partial charge in [0, 0.05) is 49.1 Å². The second kappa shape index (κ2) is 13.7. The average Bonchev–Trinajstić information content (AvgIpc) is 3.68. The van der Waals surface area contributed by atoms with Gasteiger partial charge in [-0.2, -0.15) is 0 Å². The Bertz CT molecular complexity index is 945. The molecule has 0 bridgehead atoms. The van der Waals surface area contributed by atoms with Gasteiger partial charge in [0.05, 0.1) is 25.4 Å². The summed E-state index contributed by atoms with van der Waals surface area (Å²) in [5.74, 6) is 5.77. The molecule has 4 heterocycles. The summed E-state index contributed by atoms with van der Waals surface area (Å²) in [6.07, 6.45) is 0.0435. The van der Waals surface area contributed by atoms with Gasteiger partial charge in [-0.05, 0) is 35.4 Å². The van der Waals surface area contributed by atoms with Gasteiger partial charge in [0.15, 0.2) is 23.0 Å². The van der Waals surface area contributed by atoms with E-state index in [9.17, 15) is 0 Å². The first kappa shape index (κ1) is 28.7. The number of hydrogen-bond donors (Lipinski definition) is 0. The summed E-state index contributed by atoms with van der Waals surface area (Å²) in [6, 6.07) is 12.1. The van der Waals surface area contributed by atoms with Crippen molar-refractivity contribution in [2.75, 3.05) is 64.1 Å². The summed E-state index contributed by atoms with van der Waals surface area (Å²) in [5.41, 5.74) is 2.24. The molecule has 0 saturated carbocycles. The van der Waals surface area contributed by atoms with Crippen molar-refractivity contribution in [2.45, 2.75) is 12.2 Å². The monoisotopic (exact) mass is 593 g/mol. The van der Waals surface area contributed by atoms with Crippen molar-refractivity contribution in [1.29, 1.82) is 0 Å². The predicted molar refractivity (Wildman–Crippen MR) is 145 cm³/mol. The van der Waals surface area contributed by atoms with Gasteiger partial charge in [-0.15, -0.1) is 47.2 Å². The molecule has 204 valence electrons. The second-order valence-electron chi connectivity index (χ2n) is 8.97. The summed E-state index contributed by atoms with van der Waals surface area (Å²) in [4.78, 5) is 2.15. The number of rotatable bonds is 8. The zero-order chi connectivity index (χ0) is 24.9. The fourth-order valence-electron chi connectivity index (χ4n) is 5.11. The third kappa shape index (κ3) is 6.47. The molecular weight excluding hydrogens is 564 g/mol. The normalized spacial score (nSPS) is 24.4. The maximum atomic E-state index is 6.18. The number of halogens is 4. The van der Waals surface area contributed by atoms with Gasteiger partial charge in [0.1, 0.15) is 0 Å². The number of nitrogens with zero attached hydrogens (tertiary/aromatic N) is 1. The molecule has 0 aliphatic carbocycles. The van der Waals surface area contributed by atoms with Crippen LogP contribution in [0.4, 0.5) is 0 Å². The lowest BCUT2D eigenvalue weighted by atomic mass is 9.85. The van der Waals surface area contributed by atoms with Crippen molar-refractivity contribution in [3.05, 3.63) is 47.5 Å². The van der Waals surface area contributed by atoms with E-state index in [1.54, 1.807) is 0 Å². The molecule has 4 atom stereocenters. The van der Waals surface area contributed by atoms with E-state index >= 15 is 0 Å². The average molecular weight is 595 g/mol. The van der Waals surface area contributed by atoms with Crippen LogP contribution in [0.5, 0.6) is 23.0 Å². The minimum Gasteiger partial charge on any atom is -0.454 e. The molecule has 2 saturated heterocycles. The fraction of sp³-hybridized carbons (Fsp3) is 0.538. The Labute approximate surface area is 238 Å². The predicted octanol–water partition coefficient (Wildman–Crippen LogP) is 5.65. The maximum Gasteiger partial charge on any atom is 0.231 e. The van der Waals surface area contributed by atoms with Gasteiger partial charge < -0.3 is 28.4 Å². The highest BCUT2D eigenvalue weighted by molar-refractivity contribution is 6.18. The number of alkyl halides is 3. The molecule has 4 unspecified atom stereocenters. The minimum atomic E-state index is 0. The van der Waals surface area contributed by atoms with Crippen molar-refractivity contribution < 1.29 is 28.4 Å². The molecule has 0 amide bonds. The topological polar surface area (TPSA) is 58.6 Å². The summed E-state index contributed by atoms with van der Waals surface area (Å²) >= 11 is 16.6. The van der Waals surface area contributed by atoms with Crippen LogP contribution >= 0.6 is 47.2 Å². The number of ether oxygens (including phenoxy) is 6. The lowest BCUT2D eigenvalue weighted by molar-refractivity contribution is 0.0192. The molecule has 37 heavy (non-hydrogen) atoms. The molecule has 4 aliphatic heterocycles. The van der Waals surface area contributed by atoms with Gasteiger partial charge in [0.2, 0.25) is 13.6 Å². The number of benzene rings is 2. The zero-order valence-electron chi connectivity index (χ0n) is 20.3. The first-order valence-electron chi connectivity index (χ1n) is 12.1. The largest absolute Gasteiger partial charge is 0.454 e. The van der Waals surface area contributed by atoms with Crippen LogP contribution in [0.15, 0.2) is 36.4 Å². The minimum absolute atomic E-state index is 0. The summed E-state index contributed by atoms with van der Waals surface area (Å²) in [5, 5.41) is 0. The molecule has 0 aromatic heterocycles. The Morgan fingerprint density at radius 3 is 1.43 bits per heavy atom. The van der Waals surface area contributed by atoms with Crippen LogP contribution in [-0.4, -0.2) is 69.0 Å². The van der Waals surface area contributed by atoms with Crippen LogP contribution in [0.25, 0.3) is 0 Å². The van der Waals surface area contributed by atoms with Gasteiger partial charge in [0.25, 0.3) is 0 Å². The molecule has 7 nitrogen and oxygen atoms in total. The standard InChI is InChI=1S/C20H18O6.C6H12Cl3N.ClH/c1-3-15-17(25-9-23-15)5-11(1)19-13-7-22-20(14(13)8-21-19)12-2-4-16-18(6-12)26-10-24-16;7-1-4-10(5-2-8)6-3-9;/h1-6,13-14,19-20H,7-10H2;1-6H2;1H. The fourth-order valence-corrected chi connectivity index (χ4v) is 5.83. The molecule has 4 aliphatic rings. The third-order valence-electron chi connectivity index (χ3n) is 6.92. The molecule has 2 aromatic rings. The van der Waals surface area contributed by atoms with E-state index < -0.39 is 0 Å². The van der Waals surface area contributed by atoms with Crippen LogP contribution in [0.3, 0.4) is 0 Å². The van der Waals surface area contributed by atoms with E-state index in [2.05, 4.69) is 17.0 Å². The summed E-state index contributed by atoms with van der Waals surface area (Å²) < 4.78 is 34.2. The SMILES string of the molecule is Cl.ClCCN(CCCl)CCCl.c1cc2c(cc1C1OCC3C(c4ccc5c(c4)OCO5)OCC13)OCO2. The summed E-state index contributed by atoms with van der Waals surface area (Å²) in [7, 11) is 0. The number of hydrogen-bond acceptors (Lipinski definition) is 7. The first-order chi connectivity index (χ1) is 17.7. The van der Waals surface area contributed by atoms with Crippen molar-refractivity contribution in [2.24, 2.45) is 11.8 Å². The molecule has 0 N–H and O–H groups in total. The highest BCUT2D eigenvalue weighted by Gasteiger charge is 2.48. The summed E-state index contributed by atoms with van der Waals surface area (Å²) in [6.45, 7) is 4.56. The van der Waals surface area contributed by atoms with E-state index in [0.717, 1.165) is 53.8 Å². The van der Waals surface area contributed by atoms with Crippen molar-refractivity contribution >= 4 is 47.2 Å². The van der Waals surface area contributed by atoms with Gasteiger partial charge in [-0.1, -0.05) is 12.1 Å². The van der Waals surface area contributed by atoms with Crippen LogP contribution in [0.1, 0.15) is 23.3 Å². The lowest BCUT2D eigenvalue weighted by Gasteiger charge is -2.17. The second-order valence-corrected chi connectivity index (χ2v) is 10.1. The van der Waals surface area contributed by atoms with Crippen LogP contribution < -0.4 is 18.9 Å². The maximum absolute atomic E-state index is 6.18. The zero-order valence-corrected chi connectivity index (χ0v) is 23.4. The smallest absolute Gasteiger partial charge is 0.231 e. The first-order valence-corrected chi connectivity index (χ1v) is 13.7. The van der Waals surface area contributed by atoms with Crippen molar-refractivity contribution in [3.8, 4) is 23.0 Å². The van der Waals surface area contributed by atoms with E-state index in [1.165, 1.54) is 0 Å². The third-order valence-corrected chi connectivity index (χ3v) is 7.42. The Hall–Kier alpha value is -1.32. The van der Waals surface area contributed by atoms with E-state index in [0.29, 0.717) is 42.7 Å². The van der Waals surface area contributed by atoms with Gasteiger partial charge in [-0.25, -0.2) is 0 Å². The molecule has 2 aromatic carbocycles. The molecule has 11 heteroatoms. The number of fused-ring (bicyclic) bond motifs is 3. The Morgan fingerprint density at radius 2 is 1.03 bits per heavy atom. The Morgan fingerprint density at radius 1 is 0.622 bits per heavy atom. The highest BCUT2D eigenvalue weighted by atomic mass is 35.5.